The van der Waals surface area contributed by atoms with E-state index in [-0.39, 0.29) is 12.4 Å². The van der Waals surface area contributed by atoms with Crippen LogP contribution in [0.2, 0.25) is 0 Å². The molecule has 0 fully saturated rings. The van der Waals surface area contributed by atoms with Gasteiger partial charge in [-0.3, -0.25) is 9.78 Å². The summed E-state index contributed by atoms with van der Waals surface area (Å²) in [6.07, 6.45) is 2.63. The van der Waals surface area contributed by atoms with Crippen LogP contribution in [0.15, 0.2) is 41.9 Å². The van der Waals surface area contributed by atoms with Crippen molar-refractivity contribution in [1.29, 1.82) is 0 Å². The zero-order chi connectivity index (χ0) is 17.8. The molecule has 5 heteroatoms. The molecule has 0 aliphatic heterocycles. The molecular weight excluding hydrogens is 332 g/mol. The molecule has 130 valence electrons. The van der Waals surface area contributed by atoms with E-state index in [2.05, 4.69) is 27.1 Å². The van der Waals surface area contributed by atoms with Gasteiger partial charge in [0.1, 0.15) is 5.75 Å². The first-order chi connectivity index (χ1) is 12.0. The lowest BCUT2D eigenvalue weighted by Gasteiger charge is -2.09. The number of thiophene rings is 1. The Kier molecular flexibility index (Phi) is 5.34. The maximum atomic E-state index is 12.5. The van der Waals surface area contributed by atoms with Crippen molar-refractivity contribution < 1.29 is 9.53 Å². The summed E-state index contributed by atoms with van der Waals surface area (Å²) >= 11 is 1.77. The van der Waals surface area contributed by atoms with E-state index in [1.807, 2.05) is 39.0 Å². The number of Topliss-reactive ketones (excluding diaryl/α,β-unsaturated/α-hetero) is 1. The van der Waals surface area contributed by atoms with Crippen LogP contribution in [0.4, 0.5) is 0 Å². The third kappa shape index (κ3) is 4.17. The number of ether oxygens (including phenoxy) is 1. The number of nitrogens with zero attached hydrogens (tertiary/aromatic N) is 2. The summed E-state index contributed by atoms with van der Waals surface area (Å²) in [6, 6.07) is 9.88. The van der Waals surface area contributed by atoms with Gasteiger partial charge in [0.2, 0.25) is 5.78 Å². The molecule has 0 aliphatic rings. The van der Waals surface area contributed by atoms with Gasteiger partial charge in [-0.15, -0.1) is 11.3 Å². The van der Waals surface area contributed by atoms with Crippen LogP contribution in [-0.2, 0) is 13.0 Å². The zero-order valence-electron chi connectivity index (χ0n) is 14.8. The van der Waals surface area contributed by atoms with Crippen LogP contribution in [0, 0.1) is 20.8 Å². The second-order valence-electron chi connectivity index (χ2n) is 6.11. The number of carbonyl (C=O) groups is 1. The largest absolute Gasteiger partial charge is 0.484 e. The lowest BCUT2D eigenvalue weighted by atomic mass is 10.1. The van der Waals surface area contributed by atoms with E-state index in [9.17, 15) is 4.79 Å². The summed E-state index contributed by atoms with van der Waals surface area (Å²) < 4.78 is 7.79. The predicted octanol–water partition coefficient (Wildman–Crippen LogP) is 4.37. The van der Waals surface area contributed by atoms with Crippen molar-refractivity contribution in [2.75, 3.05) is 6.61 Å². The molecule has 0 aromatic carbocycles. The van der Waals surface area contributed by atoms with Gasteiger partial charge in [-0.25, -0.2) is 0 Å². The topological polar surface area (TPSA) is 44.1 Å². The molecule has 0 N–H and O–H groups in total. The zero-order valence-corrected chi connectivity index (χ0v) is 15.6. The van der Waals surface area contributed by atoms with Gasteiger partial charge in [0.25, 0.3) is 0 Å². The molecule has 0 saturated heterocycles. The van der Waals surface area contributed by atoms with Crippen molar-refractivity contribution >= 4 is 17.1 Å². The lowest BCUT2D eigenvalue weighted by Crippen LogP contribution is -2.13. The summed E-state index contributed by atoms with van der Waals surface area (Å²) in [7, 11) is 0. The van der Waals surface area contributed by atoms with Crippen LogP contribution in [0.1, 0.15) is 32.3 Å². The number of hydrogen-bond donors (Lipinski definition) is 0. The van der Waals surface area contributed by atoms with Crippen LogP contribution >= 0.6 is 11.3 Å². The third-order valence-electron chi connectivity index (χ3n) is 4.29. The summed E-state index contributed by atoms with van der Waals surface area (Å²) in [6.45, 7) is 6.87. The molecule has 3 rings (SSSR count). The van der Waals surface area contributed by atoms with E-state index in [0.717, 1.165) is 35.6 Å². The Morgan fingerprint density at radius 2 is 2.08 bits per heavy atom. The maximum absolute atomic E-state index is 12.5. The quantitative estimate of drug-likeness (QED) is 0.592. The fraction of sp³-hybridized carbons (Fsp3) is 0.300. The van der Waals surface area contributed by atoms with Gasteiger partial charge in [0.15, 0.2) is 6.61 Å². The Hall–Kier alpha value is -2.40. The number of hydrogen-bond acceptors (Lipinski definition) is 4. The van der Waals surface area contributed by atoms with Crippen molar-refractivity contribution in [3.8, 4) is 5.75 Å². The molecule has 0 atom stereocenters. The standard InChI is InChI=1S/C20H22N2O2S/c1-14-6-7-17(12-21-14)24-13-20(23)19-11-15(2)22(16(19)3)9-8-18-5-4-10-25-18/h4-7,10-12H,8-9,13H2,1-3H3. The minimum atomic E-state index is -0.00366. The highest BCUT2D eigenvalue weighted by Crippen LogP contribution is 2.19. The average molecular weight is 354 g/mol. The van der Waals surface area contributed by atoms with Crippen molar-refractivity contribution in [3.05, 3.63) is 69.4 Å². The number of aryl methyl sites for hydroxylation is 3. The molecule has 3 aromatic heterocycles. The van der Waals surface area contributed by atoms with E-state index in [1.165, 1.54) is 4.88 Å². The summed E-state index contributed by atoms with van der Waals surface area (Å²) in [4.78, 5) is 18.1. The fourth-order valence-corrected chi connectivity index (χ4v) is 3.57. The molecule has 0 spiro atoms. The van der Waals surface area contributed by atoms with Crippen LogP contribution in [-0.4, -0.2) is 21.9 Å². The number of pyridine rings is 1. The first kappa shape index (κ1) is 17.4. The highest BCUT2D eigenvalue weighted by molar-refractivity contribution is 7.09. The minimum Gasteiger partial charge on any atom is -0.484 e. The van der Waals surface area contributed by atoms with E-state index in [4.69, 9.17) is 4.74 Å². The maximum Gasteiger partial charge on any atom is 0.202 e. The van der Waals surface area contributed by atoms with Crippen LogP contribution in [0.25, 0.3) is 0 Å². The molecular formula is C20H22N2O2S. The van der Waals surface area contributed by atoms with Gasteiger partial charge >= 0.3 is 0 Å². The summed E-state index contributed by atoms with van der Waals surface area (Å²) in [5.74, 6) is 0.613. The predicted molar refractivity (Wildman–Crippen MR) is 101 cm³/mol. The van der Waals surface area contributed by atoms with Crippen LogP contribution in [0.5, 0.6) is 5.75 Å². The lowest BCUT2D eigenvalue weighted by molar-refractivity contribution is 0.0920. The minimum absolute atomic E-state index is 0.00366. The Morgan fingerprint density at radius 1 is 1.24 bits per heavy atom. The number of carbonyl (C=O) groups excluding carboxylic acids is 1. The summed E-state index contributed by atoms with van der Waals surface area (Å²) in [5.41, 5.74) is 3.77. The van der Waals surface area contributed by atoms with Crippen molar-refractivity contribution in [3.63, 3.8) is 0 Å². The van der Waals surface area contributed by atoms with Gasteiger partial charge in [-0.2, -0.15) is 0 Å². The summed E-state index contributed by atoms with van der Waals surface area (Å²) in [5, 5.41) is 2.09. The second kappa shape index (κ2) is 7.66. The van der Waals surface area contributed by atoms with E-state index in [0.29, 0.717) is 5.75 Å². The molecule has 0 radical (unpaired) electrons. The third-order valence-corrected chi connectivity index (χ3v) is 5.23. The monoisotopic (exact) mass is 354 g/mol. The van der Waals surface area contributed by atoms with Gasteiger partial charge < -0.3 is 9.30 Å². The molecule has 0 amide bonds. The normalized spacial score (nSPS) is 10.8. The highest BCUT2D eigenvalue weighted by atomic mass is 32.1. The van der Waals surface area contributed by atoms with E-state index >= 15 is 0 Å². The molecule has 25 heavy (non-hydrogen) atoms. The van der Waals surface area contributed by atoms with E-state index < -0.39 is 0 Å². The SMILES string of the molecule is Cc1ccc(OCC(=O)c2cc(C)n(CCc3cccs3)c2C)cn1. The number of ketones is 1. The molecule has 0 aliphatic carbocycles. The Bertz CT molecular complexity index is 849. The Labute approximate surface area is 152 Å². The van der Waals surface area contributed by atoms with Crippen molar-refractivity contribution in [2.45, 2.75) is 33.7 Å². The molecule has 0 unspecified atom stereocenters. The molecule has 3 heterocycles. The van der Waals surface area contributed by atoms with Crippen LogP contribution < -0.4 is 4.74 Å². The van der Waals surface area contributed by atoms with Gasteiger partial charge in [0, 0.05) is 34.1 Å². The van der Waals surface area contributed by atoms with Gasteiger partial charge in [-0.05, 0) is 56.8 Å². The van der Waals surface area contributed by atoms with E-state index in [1.54, 1.807) is 17.5 Å². The fourth-order valence-electron chi connectivity index (χ4n) is 2.87. The number of rotatable bonds is 7. The Morgan fingerprint density at radius 3 is 2.76 bits per heavy atom. The molecule has 3 aromatic rings. The molecule has 0 bridgehead atoms. The van der Waals surface area contributed by atoms with Crippen molar-refractivity contribution in [1.82, 2.24) is 9.55 Å². The molecule has 4 nitrogen and oxygen atoms in total. The van der Waals surface area contributed by atoms with Crippen molar-refractivity contribution in [2.24, 2.45) is 0 Å². The van der Waals surface area contributed by atoms with Gasteiger partial charge in [-0.1, -0.05) is 6.07 Å². The highest BCUT2D eigenvalue weighted by Gasteiger charge is 2.16. The first-order valence-corrected chi connectivity index (χ1v) is 9.20. The first-order valence-electron chi connectivity index (χ1n) is 8.32. The smallest absolute Gasteiger partial charge is 0.202 e. The second-order valence-corrected chi connectivity index (χ2v) is 7.15. The van der Waals surface area contributed by atoms with Gasteiger partial charge in [0.05, 0.1) is 6.20 Å². The van der Waals surface area contributed by atoms with Crippen LogP contribution in [0.3, 0.4) is 0 Å². The molecule has 0 saturated carbocycles. The Balaban J connectivity index is 1.66. The average Bonchev–Trinajstić information content (AvgIpc) is 3.21. The number of aromatic nitrogens is 2.